The molecule has 0 atom stereocenters. The molecule has 0 aliphatic carbocycles. The van der Waals surface area contributed by atoms with Crippen LogP contribution in [-0.2, 0) is 9.53 Å². The molecule has 2 rings (SSSR count). The number of hydrogen-bond donors (Lipinski definition) is 0. The summed E-state index contributed by atoms with van der Waals surface area (Å²) in [5.41, 5.74) is 0.323. The summed E-state index contributed by atoms with van der Waals surface area (Å²) in [6.45, 7) is 8.04. The van der Waals surface area contributed by atoms with Crippen molar-refractivity contribution in [3.8, 4) is 5.75 Å². The van der Waals surface area contributed by atoms with E-state index >= 15 is 0 Å². The number of thiophene rings is 1. The average Bonchev–Trinajstić information content (AvgIpc) is 3.21. The summed E-state index contributed by atoms with van der Waals surface area (Å²) < 4.78 is 10.1. The van der Waals surface area contributed by atoms with Crippen LogP contribution in [0.4, 0.5) is 27.1 Å². The molecule has 0 fully saturated rings. The maximum atomic E-state index is 11.5. The van der Waals surface area contributed by atoms with Crippen LogP contribution >= 0.6 is 11.3 Å². The molecular formula is C19H19N5O7S. The minimum absolute atomic E-state index is 0.153. The summed E-state index contributed by atoms with van der Waals surface area (Å²) in [6.07, 6.45) is 3.41. The van der Waals surface area contributed by atoms with Gasteiger partial charge < -0.3 is 14.4 Å². The van der Waals surface area contributed by atoms with Crippen molar-refractivity contribution in [3.63, 3.8) is 0 Å². The first-order valence-corrected chi connectivity index (χ1v) is 9.77. The smallest absolute Gasteiger partial charge is 0.343 e. The molecule has 0 saturated heterocycles. The molecule has 0 N–H and O–H groups in total. The number of benzene rings is 1. The number of hydrogen-bond acceptors (Lipinski definition) is 11. The first-order chi connectivity index (χ1) is 15.3. The predicted octanol–water partition coefficient (Wildman–Crippen LogP) is 4.71. The van der Waals surface area contributed by atoms with Crippen LogP contribution in [0, 0.1) is 20.2 Å². The fraction of sp³-hybridized carbons (Fsp3) is 0.211. The van der Waals surface area contributed by atoms with Gasteiger partial charge in [-0.05, 0) is 23.5 Å². The van der Waals surface area contributed by atoms with E-state index in [2.05, 4.69) is 28.1 Å². The average molecular weight is 461 g/mol. The maximum absolute atomic E-state index is 11.5. The molecule has 13 heteroatoms. The Kier molecular flexibility index (Phi) is 8.53. The number of anilines is 1. The molecule has 0 amide bonds. The van der Waals surface area contributed by atoms with Crippen molar-refractivity contribution in [1.29, 1.82) is 0 Å². The zero-order chi connectivity index (χ0) is 23.7. The zero-order valence-corrected chi connectivity index (χ0v) is 17.8. The number of carbonyl (C=O) groups is 1. The summed E-state index contributed by atoms with van der Waals surface area (Å²) in [6, 6.07) is 5.67. The fourth-order valence-electron chi connectivity index (χ4n) is 2.44. The summed E-state index contributed by atoms with van der Waals surface area (Å²) in [5, 5.41) is 29.2. The first-order valence-electron chi connectivity index (χ1n) is 8.95. The zero-order valence-electron chi connectivity index (χ0n) is 17.0. The van der Waals surface area contributed by atoms with E-state index in [1.165, 1.54) is 7.11 Å². The molecule has 1 heterocycles. The van der Waals surface area contributed by atoms with Gasteiger partial charge in [0.05, 0.1) is 17.0 Å². The number of rotatable bonds is 12. The second-order valence-electron chi connectivity index (χ2n) is 5.99. The van der Waals surface area contributed by atoms with Gasteiger partial charge >= 0.3 is 16.7 Å². The number of nitrogens with zero attached hydrogens (tertiary/aromatic N) is 5. The second kappa shape index (κ2) is 11.3. The van der Waals surface area contributed by atoms with E-state index in [4.69, 9.17) is 4.74 Å². The Balaban J connectivity index is 2.46. The van der Waals surface area contributed by atoms with E-state index < -0.39 is 33.1 Å². The highest BCUT2D eigenvalue weighted by molar-refractivity contribution is 7.19. The van der Waals surface area contributed by atoms with Gasteiger partial charge in [0.1, 0.15) is 17.5 Å². The third-order valence-electron chi connectivity index (χ3n) is 3.89. The molecule has 0 spiro atoms. The van der Waals surface area contributed by atoms with E-state index in [1.54, 1.807) is 30.4 Å². The van der Waals surface area contributed by atoms with Gasteiger partial charge in [0.15, 0.2) is 6.61 Å². The van der Waals surface area contributed by atoms with Crippen molar-refractivity contribution < 1.29 is 24.1 Å². The van der Waals surface area contributed by atoms with Crippen LogP contribution in [-0.4, -0.2) is 42.6 Å². The van der Waals surface area contributed by atoms with Gasteiger partial charge in [-0.3, -0.25) is 20.2 Å². The largest absolute Gasteiger partial charge is 0.479 e. The Bertz CT molecular complexity index is 1060. The Hall–Kier alpha value is -4.13. The van der Waals surface area contributed by atoms with Crippen LogP contribution < -0.4 is 9.64 Å². The highest BCUT2D eigenvalue weighted by atomic mass is 32.1. The molecule has 0 aliphatic rings. The Labute approximate surface area is 186 Å². The molecule has 2 aromatic rings. The number of carbonyl (C=O) groups excluding carboxylic acids is 1. The minimum atomic E-state index is -0.780. The van der Waals surface area contributed by atoms with Crippen LogP contribution in [0.3, 0.4) is 0 Å². The van der Waals surface area contributed by atoms with Gasteiger partial charge in [-0.15, -0.1) is 23.4 Å². The van der Waals surface area contributed by atoms with E-state index in [1.807, 2.05) is 4.90 Å². The van der Waals surface area contributed by atoms with Crippen LogP contribution in [0.2, 0.25) is 0 Å². The Morgan fingerprint density at radius 3 is 2.41 bits per heavy atom. The molecule has 0 saturated carbocycles. The monoisotopic (exact) mass is 461 g/mol. The summed E-state index contributed by atoms with van der Waals surface area (Å²) in [4.78, 5) is 34.0. The molecule has 168 valence electrons. The lowest BCUT2D eigenvalue weighted by Crippen LogP contribution is -2.23. The third-order valence-corrected chi connectivity index (χ3v) is 4.85. The van der Waals surface area contributed by atoms with Gasteiger partial charge in [-0.1, -0.05) is 12.2 Å². The van der Waals surface area contributed by atoms with E-state index in [0.717, 1.165) is 6.07 Å². The molecule has 0 radical (unpaired) electrons. The second-order valence-corrected chi connectivity index (χ2v) is 7.00. The lowest BCUT2D eigenvalue weighted by atomic mass is 10.2. The third kappa shape index (κ3) is 6.18. The Morgan fingerprint density at radius 1 is 1.16 bits per heavy atom. The molecule has 0 aliphatic heterocycles. The number of azo groups is 1. The summed E-state index contributed by atoms with van der Waals surface area (Å²) in [5.74, 6) is -0.472. The molecular weight excluding hydrogens is 442 g/mol. The topological polar surface area (TPSA) is 150 Å². The summed E-state index contributed by atoms with van der Waals surface area (Å²) in [7, 11) is 1.21. The van der Waals surface area contributed by atoms with Crippen molar-refractivity contribution in [3.05, 3.63) is 69.8 Å². The molecule has 12 nitrogen and oxygen atoms in total. The standard InChI is InChI=1S/C19H19N5O7S/c1-4-8-22(9-5-2)13-6-7-14(16(10-13)31-12-18(25)30-3)20-21-19-15(23(26)27)11-17(32-19)24(28)29/h4-7,10-11H,1-2,8-9,12H2,3H3/b21-20+. The van der Waals surface area contributed by atoms with Crippen molar-refractivity contribution in [1.82, 2.24) is 0 Å². The highest BCUT2D eigenvalue weighted by Gasteiger charge is 2.25. The van der Waals surface area contributed by atoms with E-state index in [0.29, 0.717) is 30.1 Å². The van der Waals surface area contributed by atoms with Crippen LogP contribution in [0.25, 0.3) is 0 Å². The van der Waals surface area contributed by atoms with Gasteiger partial charge in [0, 0.05) is 24.8 Å². The first kappa shape index (κ1) is 24.1. The van der Waals surface area contributed by atoms with Crippen molar-refractivity contribution in [2.75, 3.05) is 31.7 Å². The van der Waals surface area contributed by atoms with Crippen molar-refractivity contribution >= 4 is 44.4 Å². The van der Waals surface area contributed by atoms with Crippen LogP contribution in [0.1, 0.15) is 0 Å². The Morgan fingerprint density at radius 2 is 1.84 bits per heavy atom. The number of ether oxygens (including phenoxy) is 2. The van der Waals surface area contributed by atoms with E-state index in [9.17, 15) is 25.0 Å². The minimum Gasteiger partial charge on any atom is -0.479 e. The SMILES string of the molecule is C=CCN(CC=C)c1ccc(/N=N/c2sc([N+](=O)[O-])cc2[N+](=O)[O-])c(OCC(=O)OC)c1. The number of esters is 1. The lowest BCUT2D eigenvalue weighted by molar-refractivity contribution is -0.389. The number of nitro groups is 2. The van der Waals surface area contributed by atoms with Crippen molar-refractivity contribution in [2.24, 2.45) is 10.2 Å². The maximum Gasteiger partial charge on any atom is 0.343 e. The van der Waals surface area contributed by atoms with Crippen molar-refractivity contribution in [2.45, 2.75) is 0 Å². The van der Waals surface area contributed by atoms with Crippen LogP contribution in [0.15, 0.2) is 59.8 Å². The molecule has 0 unspecified atom stereocenters. The normalized spacial score (nSPS) is 10.5. The van der Waals surface area contributed by atoms with E-state index in [-0.39, 0.29) is 16.4 Å². The summed E-state index contributed by atoms with van der Waals surface area (Å²) >= 11 is 0.518. The molecule has 0 bridgehead atoms. The lowest BCUT2D eigenvalue weighted by Gasteiger charge is -2.22. The highest BCUT2D eigenvalue weighted by Crippen LogP contribution is 2.43. The van der Waals surface area contributed by atoms with Gasteiger partial charge in [-0.25, -0.2) is 4.79 Å². The fourth-order valence-corrected chi connectivity index (χ4v) is 3.20. The van der Waals surface area contributed by atoms with Crippen LogP contribution in [0.5, 0.6) is 5.75 Å². The molecule has 1 aromatic heterocycles. The van der Waals surface area contributed by atoms with Gasteiger partial charge in [-0.2, -0.15) is 0 Å². The molecule has 32 heavy (non-hydrogen) atoms. The van der Waals surface area contributed by atoms with Gasteiger partial charge in [0.25, 0.3) is 0 Å². The quantitative estimate of drug-likeness (QED) is 0.145. The number of methoxy groups -OCH3 is 1. The molecule has 1 aromatic carbocycles. The predicted molar refractivity (Wildman–Crippen MR) is 118 cm³/mol. The van der Waals surface area contributed by atoms with Gasteiger partial charge in [0.2, 0.25) is 5.00 Å².